The van der Waals surface area contributed by atoms with Gasteiger partial charge in [-0.2, -0.15) is 5.10 Å². The minimum Gasteiger partial charge on any atom is -0.396 e. The fraction of sp³-hybridized carbons (Fsp3) is 0.667. The molecule has 0 saturated carbocycles. The molecule has 1 rings (SSSR count). The molecule has 0 unspecified atom stereocenters. The first-order chi connectivity index (χ1) is 6.60. The molecule has 0 aliphatic heterocycles. The van der Waals surface area contributed by atoms with Gasteiger partial charge in [0.1, 0.15) is 0 Å². The van der Waals surface area contributed by atoms with Crippen molar-refractivity contribution in [3.8, 4) is 0 Å². The number of hydrogen-bond donors (Lipinski definition) is 2. The number of aliphatic hydroxyl groups excluding tert-OH is 2. The molecule has 4 nitrogen and oxygen atoms in total. The van der Waals surface area contributed by atoms with Crippen molar-refractivity contribution in [1.82, 2.24) is 9.78 Å². The summed E-state index contributed by atoms with van der Waals surface area (Å²) < 4.78 is 1.69. The average molecular weight is 219 g/mol. The van der Waals surface area contributed by atoms with Crippen LogP contribution in [0.25, 0.3) is 0 Å². The van der Waals surface area contributed by atoms with Crippen LogP contribution >= 0.6 is 11.6 Å². The van der Waals surface area contributed by atoms with Gasteiger partial charge in [-0.25, -0.2) is 0 Å². The number of aryl methyl sites for hydroxylation is 2. The molecule has 0 aliphatic rings. The Hall–Kier alpha value is -0.580. The van der Waals surface area contributed by atoms with E-state index in [1.54, 1.807) is 11.7 Å². The number of hydrogen-bond acceptors (Lipinski definition) is 3. The minimum atomic E-state index is -0.165. The van der Waals surface area contributed by atoms with E-state index in [2.05, 4.69) is 5.10 Å². The first-order valence-corrected chi connectivity index (χ1v) is 4.87. The van der Waals surface area contributed by atoms with Crippen LogP contribution in [0.2, 0.25) is 5.02 Å². The van der Waals surface area contributed by atoms with Crippen molar-refractivity contribution in [2.45, 2.75) is 13.3 Å². The highest BCUT2D eigenvalue weighted by molar-refractivity contribution is 6.31. The molecule has 1 heterocycles. The van der Waals surface area contributed by atoms with E-state index in [0.717, 1.165) is 11.4 Å². The second-order valence-corrected chi connectivity index (χ2v) is 3.78. The molecule has 0 radical (unpaired) electrons. The van der Waals surface area contributed by atoms with E-state index in [1.807, 2.05) is 6.92 Å². The van der Waals surface area contributed by atoms with Gasteiger partial charge in [0.05, 0.1) is 16.4 Å². The molecule has 0 atom stereocenters. The molecule has 0 saturated heterocycles. The lowest BCUT2D eigenvalue weighted by Crippen LogP contribution is -2.16. The lowest BCUT2D eigenvalue weighted by Gasteiger charge is -2.10. The first kappa shape index (κ1) is 11.5. The summed E-state index contributed by atoms with van der Waals surface area (Å²) in [4.78, 5) is 0. The molecule has 80 valence electrons. The molecule has 0 aliphatic carbocycles. The number of nitrogens with zero attached hydrogens (tertiary/aromatic N) is 2. The van der Waals surface area contributed by atoms with Crippen molar-refractivity contribution in [1.29, 1.82) is 0 Å². The molecular weight excluding hydrogens is 204 g/mol. The SMILES string of the molecule is Cc1nn(C)c(CC(CO)CO)c1Cl. The van der Waals surface area contributed by atoms with Crippen LogP contribution in [0.15, 0.2) is 0 Å². The molecule has 0 bridgehead atoms. The van der Waals surface area contributed by atoms with Crippen molar-refractivity contribution >= 4 is 11.6 Å². The predicted octanol–water partition coefficient (Wildman–Crippen LogP) is 0.525. The monoisotopic (exact) mass is 218 g/mol. The van der Waals surface area contributed by atoms with E-state index in [4.69, 9.17) is 21.8 Å². The smallest absolute Gasteiger partial charge is 0.0847 e. The summed E-state index contributed by atoms with van der Waals surface area (Å²) in [5, 5.41) is 22.7. The van der Waals surface area contributed by atoms with Gasteiger partial charge in [-0.15, -0.1) is 0 Å². The molecule has 0 fully saturated rings. The standard InChI is InChI=1S/C9H15ClN2O2/c1-6-9(10)8(12(2)11-6)3-7(4-13)5-14/h7,13-14H,3-5H2,1-2H3. The van der Waals surface area contributed by atoms with E-state index in [1.165, 1.54) is 0 Å². The number of halogens is 1. The van der Waals surface area contributed by atoms with Gasteiger partial charge in [-0.3, -0.25) is 4.68 Å². The highest BCUT2D eigenvalue weighted by atomic mass is 35.5. The zero-order valence-corrected chi connectivity index (χ0v) is 9.12. The van der Waals surface area contributed by atoms with Gasteiger partial charge in [0, 0.05) is 26.2 Å². The van der Waals surface area contributed by atoms with Crippen molar-refractivity contribution < 1.29 is 10.2 Å². The molecule has 0 aromatic carbocycles. The summed E-state index contributed by atoms with van der Waals surface area (Å²) >= 11 is 6.03. The lowest BCUT2D eigenvalue weighted by molar-refractivity contribution is 0.148. The Labute approximate surface area is 88.1 Å². The number of rotatable bonds is 4. The van der Waals surface area contributed by atoms with E-state index in [0.29, 0.717) is 11.4 Å². The van der Waals surface area contributed by atoms with Gasteiger partial charge >= 0.3 is 0 Å². The second kappa shape index (κ2) is 4.77. The van der Waals surface area contributed by atoms with Crippen LogP contribution in [-0.2, 0) is 13.5 Å². The van der Waals surface area contributed by atoms with E-state index < -0.39 is 0 Å². The minimum absolute atomic E-state index is 0.0446. The van der Waals surface area contributed by atoms with Crippen molar-refractivity contribution in [3.05, 3.63) is 16.4 Å². The van der Waals surface area contributed by atoms with Crippen LogP contribution in [-0.4, -0.2) is 33.2 Å². The maximum absolute atomic E-state index is 8.94. The maximum Gasteiger partial charge on any atom is 0.0847 e. The fourth-order valence-corrected chi connectivity index (χ4v) is 1.60. The van der Waals surface area contributed by atoms with Crippen LogP contribution in [0.1, 0.15) is 11.4 Å². The van der Waals surface area contributed by atoms with Crippen molar-refractivity contribution in [2.75, 3.05) is 13.2 Å². The fourth-order valence-electron chi connectivity index (χ4n) is 1.36. The third-order valence-electron chi connectivity index (χ3n) is 2.26. The first-order valence-electron chi connectivity index (χ1n) is 4.49. The quantitative estimate of drug-likeness (QED) is 0.775. The Morgan fingerprint density at radius 1 is 1.43 bits per heavy atom. The summed E-state index contributed by atoms with van der Waals surface area (Å²) in [5.41, 5.74) is 1.64. The van der Waals surface area contributed by atoms with Crippen LogP contribution in [0.4, 0.5) is 0 Å². The van der Waals surface area contributed by atoms with Crippen LogP contribution in [0.5, 0.6) is 0 Å². The van der Waals surface area contributed by atoms with Crippen LogP contribution in [0, 0.1) is 12.8 Å². The van der Waals surface area contributed by atoms with Gasteiger partial charge in [-0.05, 0) is 13.3 Å². The summed E-state index contributed by atoms with van der Waals surface area (Å²) in [7, 11) is 1.81. The van der Waals surface area contributed by atoms with Gasteiger partial charge in [0.15, 0.2) is 0 Å². The zero-order chi connectivity index (χ0) is 10.7. The second-order valence-electron chi connectivity index (χ2n) is 3.40. The summed E-state index contributed by atoms with van der Waals surface area (Å²) in [6.07, 6.45) is 0.545. The van der Waals surface area contributed by atoms with Gasteiger partial charge in [0.25, 0.3) is 0 Å². The van der Waals surface area contributed by atoms with Crippen molar-refractivity contribution in [2.24, 2.45) is 13.0 Å². The van der Waals surface area contributed by atoms with Gasteiger partial charge in [-0.1, -0.05) is 11.6 Å². The molecule has 0 amide bonds. The van der Waals surface area contributed by atoms with Crippen molar-refractivity contribution in [3.63, 3.8) is 0 Å². The Morgan fingerprint density at radius 2 is 2.00 bits per heavy atom. The molecule has 1 aromatic rings. The summed E-state index contributed by atoms with van der Waals surface area (Å²) in [6.45, 7) is 1.74. The van der Waals surface area contributed by atoms with E-state index in [-0.39, 0.29) is 19.1 Å². The lowest BCUT2D eigenvalue weighted by atomic mass is 10.1. The zero-order valence-electron chi connectivity index (χ0n) is 8.37. The maximum atomic E-state index is 8.94. The molecule has 2 N–H and O–H groups in total. The highest BCUT2D eigenvalue weighted by Gasteiger charge is 2.15. The number of aliphatic hydroxyl groups is 2. The Balaban J connectivity index is 2.84. The van der Waals surface area contributed by atoms with Crippen LogP contribution in [0.3, 0.4) is 0 Å². The third kappa shape index (κ3) is 2.26. The Kier molecular flexibility index (Phi) is 3.92. The predicted molar refractivity (Wildman–Crippen MR) is 54.3 cm³/mol. The van der Waals surface area contributed by atoms with Crippen LogP contribution < -0.4 is 0 Å². The largest absolute Gasteiger partial charge is 0.396 e. The average Bonchev–Trinajstić information content (AvgIpc) is 2.40. The molecule has 1 aromatic heterocycles. The summed E-state index contributed by atoms with van der Waals surface area (Å²) in [5.74, 6) is -0.165. The van der Waals surface area contributed by atoms with Gasteiger partial charge in [0.2, 0.25) is 0 Å². The summed E-state index contributed by atoms with van der Waals surface area (Å²) in [6, 6.07) is 0. The highest BCUT2D eigenvalue weighted by Crippen LogP contribution is 2.21. The topological polar surface area (TPSA) is 58.3 Å². The normalized spacial score (nSPS) is 11.3. The Morgan fingerprint density at radius 3 is 2.36 bits per heavy atom. The molecular formula is C9H15ClN2O2. The van der Waals surface area contributed by atoms with Gasteiger partial charge < -0.3 is 10.2 Å². The Bertz CT molecular complexity index is 308. The number of aromatic nitrogens is 2. The molecule has 0 spiro atoms. The molecule has 5 heteroatoms. The van der Waals surface area contributed by atoms with E-state index >= 15 is 0 Å². The molecule has 14 heavy (non-hydrogen) atoms. The van der Waals surface area contributed by atoms with E-state index in [9.17, 15) is 0 Å². The third-order valence-corrected chi connectivity index (χ3v) is 2.75.